The van der Waals surface area contributed by atoms with Crippen molar-refractivity contribution in [2.75, 3.05) is 17.2 Å². The molecule has 0 unspecified atom stereocenters. The maximum atomic E-state index is 11.6. The Kier molecular flexibility index (Phi) is 5.91. The number of nitrogens with one attached hydrogen (secondary N) is 2. The lowest BCUT2D eigenvalue weighted by Gasteiger charge is -2.10. The number of anilines is 3. The minimum Gasteiger partial charge on any atom is -0.364 e. The van der Waals surface area contributed by atoms with Crippen LogP contribution < -0.4 is 10.6 Å². The zero-order valence-electron chi connectivity index (χ0n) is 15.3. The Morgan fingerprint density at radius 3 is 2.36 bits per heavy atom. The van der Waals surface area contributed by atoms with Gasteiger partial charge in [0.25, 0.3) is 0 Å². The number of carbonyl (C=O) groups is 1. The monoisotopic (exact) mass is 377 g/mol. The molecule has 1 aromatic heterocycles. The molecule has 0 fully saturated rings. The van der Waals surface area contributed by atoms with Crippen molar-refractivity contribution in [3.8, 4) is 0 Å². The predicted molar refractivity (Wildman–Crippen MR) is 107 cm³/mol. The highest BCUT2D eigenvalue weighted by molar-refractivity contribution is 5.94. The fourth-order valence-electron chi connectivity index (χ4n) is 2.67. The Hall–Kier alpha value is -3.81. The molecule has 0 saturated carbocycles. The molecule has 0 bridgehead atoms. The van der Waals surface area contributed by atoms with E-state index in [0.717, 1.165) is 5.56 Å². The van der Waals surface area contributed by atoms with E-state index < -0.39 is 4.92 Å². The van der Waals surface area contributed by atoms with Crippen molar-refractivity contribution in [2.24, 2.45) is 0 Å². The van der Waals surface area contributed by atoms with Crippen LogP contribution in [0.25, 0.3) is 0 Å². The average molecular weight is 377 g/mol. The fourth-order valence-corrected chi connectivity index (χ4v) is 2.67. The van der Waals surface area contributed by atoms with Crippen LogP contribution in [0, 0.1) is 10.1 Å². The van der Waals surface area contributed by atoms with E-state index in [4.69, 9.17) is 0 Å². The van der Waals surface area contributed by atoms with Gasteiger partial charge >= 0.3 is 5.69 Å². The summed E-state index contributed by atoms with van der Waals surface area (Å²) in [6.45, 7) is 1.97. The first-order chi connectivity index (χ1) is 13.5. The molecule has 0 atom stereocenters. The first kappa shape index (κ1) is 19.0. The van der Waals surface area contributed by atoms with Crippen molar-refractivity contribution in [3.63, 3.8) is 0 Å². The maximum Gasteiger partial charge on any atom is 0.353 e. The summed E-state index contributed by atoms with van der Waals surface area (Å²) in [7, 11) is 0. The van der Waals surface area contributed by atoms with Gasteiger partial charge in [0.15, 0.2) is 5.78 Å². The molecule has 0 saturated heterocycles. The van der Waals surface area contributed by atoms with Crippen LogP contribution in [-0.2, 0) is 6.42 Å². The smallest absolute Gasteiger partial charge is 0.353 e. The van der Waals surface area contributed by atoms with Gasteiger partial charge in [-0.25, -0.2) is 9.97 Å². The number of benzene rings is 2. The topological polar surface area (TPSA) is 110 Å². The molecule has 0 aliphatic rings. The van der Waals surface area contributed by atoms with Gasteiger partial charge in [-0.2, -0.15) is 0 Å². The van der Waals surface area contributed by atoms with Gasteiger partial charge in [0.05, 0.1) is 4.92 Å². The van der Waals surface area contributed by atoms with Crippen LogP contribution >= 0.6 is 0 Å². The van der Waals surface area contributed by atoms with Crippen LogP contribution in [0.5, 0.6) is 0 Å². The first-order valence-corrected chi connectivity index (χ1v) is 8.70. The average Bonchev–Trinajstić information content (AvgIpc) is 2.69. The molecule has 0 aliphatic carbocycles. The number of rotatable bonds is 8. The maximum absolute atomic E-state index is 11.6. The van der Waals surface area contributed by atoms with Gasteiger partial charge < -0.3 is 10.6 Å². The zero-order valence-corrected chi connectivity index (χ0v) is 15.3. The molecule has 1 heterocycles. The summed E-state index contributed by atoms with van der Waals surface area (Å²) in [4.78, 5) is 30.5. The van der Waals surface area contributed by atoms with Crippen LogP contribution in [0.15, 0.2) is 60.9 Å². The highest BCUT2D eigenvalue weighted by Gasteiger charge is 2.23. The Labute approximate surface area is 161 Å². The molecule has 2 N–H and O–H groups in total. The molecule has 28 heavy (non-hydrogen) atoms. The van der Waals surface area contributed by atoms with E-state index in [0.29, 0.717) is 24.2 Å². The normalized spacial score (nSPS) is 10.3. The van der Waals surface area contributed by atoms with Crippen molar-refractivity contribution in [3.05, 3.63) is 82.2 Å². The van der Waals surface area contributed by atoms with Crippen LogP contribution in [0.2, 0.25) is 0 Å². The Bertz CT molecular complexity index is 975. The predicted octanol–water partition coefficient (Wildman–Crippen LogP) is 3.99. The van der Waals surface area contributed by atoms with Gasteiger partial charge in [0.1, 0.15) is 6.33 Å². The lowest BCUT2D eigenvalue weighted by Crippen LogP contribution is -2.10. The van der Waals surface area contributed by atoms with Crippen molar-refractivity contribution < 1.29 is 9.72 Å². The largest absolute Gasteiger partial charge is 0.364 e. The third-order valence-electron chi connectivity index (χ3n) is 4.11. The standard InChI is InChI=1S/C20H19N5O3/c1-14(26)16-7-9-17(10-8-16)24-20-18(25(27)28)19(22-13-23-20)21-12-11-15-5-3-2-4-6-15/h2-10,13H,11-12H2,1H3,(H2,21,22,23,24). The number of hydrogen-bond donors (Lipinski definition) is 2. The van der Waals surface area contributed by atoms with E-state index in [1.54, 1.807) is 24.3 Å². The summed E-state index contributed by atoms with van der Waals surface area (Å²) in [5.74, 6) is 0.182. The third-order valence-corrected chi connectivity index (χ3v) is 4.11. The van der Waals surface area contributed by atoms with E-state index in [-0.39, 0.29) is 23.1 Å². The van der Waals surface area contributed by atoms with E-state index in [9.17, 15) is 14.9 Å². The molecule has 142 valence electrons. The summed E-state index contributed by atoms with van der Waals surface area (Å²) in [6, 6.07) is 16.5. The molecule has 8 nitrogen and oxygen atoms in total. The second-order valence-electron chi connectivity index (χ2n) is 6.10. The van der Waals surface area contributed by atoms with Gasteiger partial charge in [-0.1, -0.05) is 30.3 Å². The number of carbonyl (C=O) groups excluding carboxylic acids is 1. The number of nitro groups is 1. The molecule has 2 aromatic carbocycles. The van der Waals surface area contributed by atoms with E-state index in [2.05, 4.69) is 20.6 Å². The number of hydrogen-bond acceptors (Lipinski definition) is 7. The number of Topliss-reactive ketones (excluding diaryl/α,β-unsaturated/α-hetero) is 1. The lowest BCUT2D eigenvalue weighted by atomic mass is 10.1. The number of nitrogens with zero attached hydrogens (tertiary/aromatic N) is 3. The number of aromatic nitrogens is 2. The van der Waals surface area contributed by atoms with Crippen LogP contribution in [0.3, 0.4) is 0 Å². The zero-order chi connectivity index (χ0) is 19.9. The minimum atomic E-state index is -0.517. The van der Waals surface area contributed by atoms with Crippen molar-refractivity contribution in [2.45, 2.75) is 13.3 Å². The van der Waals surface area contributed by atoms with Gasteiger partial charge in [-0.3, -0.25) is 14.9 Å². The highest BCUT2D eigenvalue weighted by atomic mass is 16.6. The van der Waals surface area contributed by atoms with Gasteiger partial charge in [-0.05, 0) is 43.2 Å². The molecule has 0 radical (unpaired) electrons. The molecule has 3 rings (SSSR count). The SMILES string of the molecule is CC(=O)c1ccc(Nc2ncnc(NCCc3ccccc3)c2[N+](=O)[O-])cc1. The molecule has 0 aliphatic heterocycles. The quantitative estimate of drug-likeness (QED) is 0.347. The van der Waals surface area contributed by atoms with E-state index in [1.807, 2.05) is 30.3 Å². The van der Waals surface area contributed by atoms with E-state index >= 15 is 0 Å². The highest BCUT2D eigenvalue weighted by Crippen LogP contribution is 2.31. The summed E-state index contributed by atoms with van der Waals surface area (Å²) >= 11 is 0. The second-order valence-corrected chi connectivity index (χ2v) is 6.10. The van der Waals surface area contributed by atoms with Crippen LogP contribution in [-0.4, -0.2) is 27.2 Å². The lowest BCUT2D eigenvalue weighted by molar-refractivity contribution is -0.383. The minimum absolute atomic E-state index is 0.0514. The Morgan fingerprint density at radius 2 is 1.71 bits per heavy atom. The number of ketones is 1. The molecule has 0 amide bonds. The van der Waals surface area contributed by atoms with Crippen LogP contribution in [0.4, 0.5) is 23.0 Å². The van der Waals surface area contributed by atoms with Crippen LogP contribution in [0.1, 0.15) is 22.8 Å². The van der Waals surface area contributed by atoms with E-state index in [1.165, 1.54) is 13.3 Å². The van der Waals surface area contributed by atoms with Crippen molar-refractivity contribution >= 4 is 28.8 Å². The third kappa shape index (κ3) is 4.67. The molecular formula is C20H19N5O3. The van der Waals surface area contributed by atoms with Gasteiger partial charge in [0, 0.05) is 17.8 Å². The molecular weight excluding hydrogens is 358 g/mol. The van der Waals surface area contributed by atoms with Gasteiger partial charge in [0.2, 0.25) is 11.6 Å². The fraction of sp³-hybridized carbons (Fsp3) is 0.150. The first-order valence-electron chi connectivity index (χ1n) is 8.70. The Balaban J connectivity index is 1.77. The van der Waals surface area contributed by atoms with Crippen molar-refractivity contribution in [1.82, 2.24) is 9.97 Å². The second kappa shape index (κ2) is 8.72. The summed E-state index contributed by atoms with van der Waals surface area (Å²) in [5, 5.41) is 17.6. The molecule has 8 heteroatoms. The van der Waals surface area contributed by atoms with Crippen molar-refractivity contribution in [1.29, 1.82) is 0 Å². The van der Waals surface area contributed by atoms with Gasteiger partial charge in [-0.15, -0.1) is 0 Å². The molecule has 0 spiro atoms. The summed E-state index contributed by atoms with van der Waals surface area (Å²) < 4.78 is 0. The Morgan fingerprint density at radius 1 is 1.04 bits per heavy atom. The summed E-state index contributed by atoms with van der Waals surface area (Å²) in [5.41, 5.74) is 2.04. The summed E-state index contributed by atoms with van der Waals surface area (Å²) in [6.07, 6.45) is 1.97. The molecule has 3 aromatic rings.